The first-order valence-electron chi connectivity index (χ1n) is 13.0. The molecule has 3 aliphatic rings. The number of aliphatic hydroxyl groups is 1. The Hall–Kier alpha value is -3.23. The molecule has 0 aliphatic carbocycles. The number of fused-ring (bicyclic) bond motifs is 1. The van der Waals surface area contributed by atoms with Crippen LogP contribution in [0.1, 0.15) is 45.7 Å². The molecule has 8 heteroatoms. The number of amides is 3. The lowest BCUT2D eigenvalue weighted by Crippen LogP contribution is -2.57. The number of nitrogens with one attached hydrogen (secondary N) is 2. The zero-order valence-corrected chi connectivity index (χ0v) is 21.7. The summed E-state index contributed by atoms with van der Waals surface area (Å²) in [4.78, 5) is 43.4. The molecule has 3 fully saturated rings. The lowest BCUT2D eigenvalue weighted by atomic mass is 9.62. The van der Waals surface area contributed by atoms with Crippen molar-refractivity contribution in [1.82, 2.24) is 10.2 Å². The third-order valence-corrected chi connectivity index (χ3v) is 8.45. The molecule has 1 spiro atoms. The molecule has 196 valence electrons. The maximum Gasteiger partial charge on any atom is 0.246 e. The minimum atomic E-state index is -1.18. The van der Waals surface area contributed by atoms with Crippen molar-refractivity contribution in [2.75, 3.05) is 11.9 Å². The van der Waals surface area contributed by atoms with Crippen molar-refractivity contribution in [2.24, 2.45) is 17.8 Å². The second-order valence-electron chi connectivity index (χ2n) is 11.1. The summed E-state index contributed by atoms with van der Waals surface area (Å²) < 4.78 is 6.74. The lowest BCUT2D eigenvalue weighted by molar-refractivity contribution is -0.150. The predicted molar refractivity (Wildman–Crippen MR) is 138 cm³/mol. The SMILES string of the molecule is CC(C)NC(=O)C1N([C@H](CO)c2ccccc2)C(=O)[C@@H]2[C@@H](C(=O)Nc3ccccc3)[C@]3(C)OC12CC3C. The average molecular weight is 506 g/mol. The summed E-state index contributed by atoms with van der Waals surface area (Å²) in [5.41, 5.74) is -0.737. The summed E-state index contributed by atoms with van der Waals surface area (Å²) in [6, 6.07) is 16.4. The van der Waals surface area contributed by atoms with E-state index in [1.165, 1.54) is 4.90 Å². The van der Waals surface area contributed by atoms with Gasteiger partial charge in [0, 0.05) is 11.7 Å². The molecule has 8 nitrogen and oxygen atoms in total. The van der Waals surface area contributed by atoms with Gasteiger partial charge in [0.05, 0.1) is 30.1 Å². The van der Waals surface area contributed by atoms with E-state index in [2.05, 4.69) is 10.6 Å². The molecule has 7 atom stereocenters. The van der Waals surface area contributed by atoms with E-state index < -0.39 is 35.1 Å². The molecule has 2 aromatic carbocycles. The molecule has 2 aromatic rings. The van der Waals surface area contributed by atoms with Gasteiger partial charge in [0.25, 0.3) is 0 Å². The third-order valence-electron chi connectivity index (χ3n) is 8.45. The Morgan fingerprint density at radius 3 is 2.30 bits per heavy atom. The number of rotatable bonds is 7. The summed E-state index contributed by atoms with van der Waals surface area (Å²) in [5, 5.41) is 16.4. The smallest absolute Gasteiger partial charge is 0.246 e. The zero-order chi connectivity index (χ0) is 26.5. The van der Waals surface area contributed by atoms with Gasteiger partial charge in [0.1, 0.15) is 11.6 Å². The Kier molecular flexibility index (Phi) is 6.36. The van der Waals surface area contributed by atoms with Gasteiger partial charge in [0.15, 0.2) is 0 Å². The quantitative estimate of drug-likeness (QED) is 0.536. The van der Waals surface area contributed by atoms with Crippen LogP contribution in [0.5, 0.6) is 0 Å². The first-order valence-corrected chi connectivity index (χ1v) is 13.0. The van der Waals surface area contributed by atoms with Crippen LogP contribution in [0, 0.1) is 17.8 Å². The van der Waals surface area contributed by atoms with Gasteiger partial charge in [-0.1, -0.05) is 55.5 Å². The maximum absolute atomic E-state index is 14.3. The molecule has 37 heavy (non-hydrogen) atoms. The Labute approximate surface area is 217 Å². The van der Waals surface area contributed by atoms with Gasteiger partial charge in [-0.15, -0.1) is 0 Å². The topological polar surface area (TPSA) is 108 Å². The van der Waals surface area contributed by atoms with Crippen molar-refractivity contribution in [2.45, 2.75) is 63.4 Å². The Bertz CT molecular complexity index is 1190. The number of aliphatic hydroxyl groups excluding tert-OH is 1. The van der Waals surface area contributed by atoms with E-state index in [4.69, 9.17) is 4.74 Å². The molecule has 0 saturated carbocycles. The molecule has 5 rings (SSSR count). The molecular weight excluding hydrogens is 470 g/mol. The zero-order valence-electron chi connectivity index (χ0n) is 21.7. The fourth-order valence-electron chi connectivity index (χ4n) is 6.85. The standard InChI is InChI=1S/C29H35N3O5/c1-17(2)30-26(35)24-29-15-18(3)28(4,37-29)22(25(34)31-20-13-9-6-10-14-20)23(29)27(36)32(24)21(16-33)19-11-7-5-8-12-19/h5-14,17-18,21-24,33H,15-16H2,1-4H3,(H,30,35)(H,31,34)/t18?,21-,22+,23+,24?,28-,29?/m1/s1. The highest BCUT2D eigenvalue weighted by molar-refractivity contribution is 6.02. The van der Waals surface area contributed by atoms with Crippen LogP contribution in [0.15, 0.2) is 60.7 Å². The highest BCUT2D eigenvalue weighted by Crippen LogP contribution is 2.66. The Balaban J connectivity index is 1.61. The monoisotopic (exact) mass is 505 g/mol. The van der Waals surface area contributed by atoms with E-state index in [9.17, 15) is 19.5 Å². The molecule has 0 radical (unpaired) electrons. The van der Waals surface area contributed by atoms with Crippen LogP contribution in [-0.2, 0) is 19.1 Å². The van der Waals surface area contributed by atoms with Crippen molar-refractivity contribution >= 4 is 23.4 Å². The molecule has 3 unspecified atom stereocenters. The number of hydrogen-bond donors (Lipinski definition) is 3. The van der Waals surface area contributed by atoms with Crippen LogP contribution in [0.4, 0.5) is 5.69 Å². The van der Waals surface area contributed by atoms with Crippen molar-refractivity contribution in [3.63, 3.8) is 0 Å². The highest BCUT2D eigenvalue weighted by atomic mass is 16.5. The van der Waals surface area contributed by atoms with E-state index >= 15 is 0 Å². The van der Waals surface area contributed by atoms with Gasteiger partial charge in [-0.05, 0) is 50.8 Å². The minimum absolute atomic E-state index is 0.0679. The van der Waals surface area contributed by atoms with Gasteiger partial charge in [-0.3, -0.25) is 14.4 Å². The predicted octanol–water partition coefficient (Wildman–Crippen LogP) is 2.89. The molecule has 3 N–H and O–H groups in total. The molecule has 3 amide bonds. The fraction of sp³-hybridized carbons (Fsp3) is 0.483. The summed E-state index contributed by atoms with van der Waals surface area (Å²) in [5.74, 6) is -2.68. The van der Waals surface area contributed by atoms with E-state index in [1.54, 1.807) is 12.1 Å². The van der Waals surface area contributed by atoms with Crippen LogP contribution in [0.25, 0.3) is 0 Å². The summed E-state index contributed by atoms with van der Waals surface area (Å²) >= 11 is 0. The number of nitrogens with zero attached hydrogens (tertiary/aromatic N) is 1. The van der Waals surface area contributed by atoms with Gasteiger partial charge >= 0.3 is 0 Å². The number of benzene rings is 2. The number of para-hydroxylation sites is 1. The first kappa shape index (κ1) is 25.4. The van der Waals surface area contributed by atoms with Gasteiger partial charge < -0.3 is 25.4 Å². The second-order valence-corrected chi connectivity index (χ2v) is 11.1. The first-order chi connectivity index (χ1) is 17.6. The van der Waals surface area contributed by atoms with Gasteiger partial charge in [0.2, 0.25) is 17.7 Å². The number of ether oxygens (including phenoxy) is 1. The second kappa shape index (κ2) is 9.26. The van der Waals surface area contributed by atoms with E-state index in [0.717, 1.165) is 5.56 Å². The average Bonchev–Trinajstić information content (AvgIpc) is 3.37. The van der Waals surface area contributed by atoms with Crippen LogP contribution in [0.2, 0.25) is 0 Å². The number of carbonyl (C=O) groups is 3. The largest absolute Gasteiger partial charge is 0.394 e. The third kappa shape index (κ3) is 3.85. The maximum atomic E-state index is 14.3. The highest BCUT2D eigenvalue weighted by Gasteiger charge is 2.80. The summed E-state index contributed by atoms with van der Waals surface area (Å²) in [6.07, 6.45) is 0.467. The molecule has 0 aromatic heterocycles. The number of carbonyl (C=O) groups excluding carboxylic acids is 3. The van der Waals surface area contributed by atoms with Crippen LogP contribution in [0.3, 0.4) is 0 Å². The molecule has 3 saturated heterocycles. The van der Waals surface area contributed by atoms with Crippen molar-refractivity contribution < 1.29 is 24.2 Å². The van der Waals surface area contributed by atoms with Crippen LogP contribution >= 0.6 is 0 Å². The minimum Gasteiger partial charge on any atom is -0.394 e. The molecule has 3 heterocycles. The van der Waals surface area contributed by atoms with Gasteiger partial charge in [-0.2, -0.15) is 0 Å². The molecule has 2 bridgehead atoms. The normalized spacial score (nSPS) is 32.9. The number of anilines is 1. The van der Waals surface area contributed by atoms with E-state index in [0.29, 0.717) is 12.1 Å². The Morgan fingerprint density at radius 1 is 1.08 bits per heavy atom. The van der Waals surface area contributed by atoms with Crippen LogP contribution in [-0.4, -0.2) is 57.6 Å². The number of hydrogen-bond acceptors (Lipinski definition) is 5. The van der Waals surface area contributed by atoms with Gasteiger partial charge in [-0.25, -0.2) is 0 Å². The fourth-order valence-corrected chi connectivity index (χ4v) is 6.85. The lowest BCUT2D eigenvalue weighted by Gasteiger charge is -2.37. The van der Waals surface area contributed by atoms with Crippen molar-refractivity contribution in [3.8, 4) is 0 Å². The van der Waals surface area contributed by atoms with Crippen LogP contribution < -0.4 is 10.6 Å². The van der Waals surface area contributed by atoms with E-state index in [1.807, 2.05) is 76.2 Å². The summed E-state index contributed by atoms with van der Waals surface area (Å²) in [6.45, 7) is 7.26. The Morgan fingerprint density at radius 2 is 1.70 bits per heavy atom. The van der Waals surface area contributed by atoms with Crippen molar-refractivity contribution in [3.05, 3.63) is 66.2 Å². The van der Waals surface area contributed by atoms with E-state index in [-0.39, 0.29) is 36.3 Å². The molecule has 3 aliphatic heterocycles. The molecular formula is C29H35N3O5. The summed E-state index contributed by atoms with van der Waals surface area (Å²) in [7, 11) is 0. The number of likely N-dealkylation sites (tertiary alicyclic amines) is 1. The van der Waals surface area contributed by atoms with Crippen molar-refractivity contribution in [1.29, 1.82) is 0 Å².